The van der Waals surface area contributed by atoms with Gasteiger partial charge in [0.1, 0.15) is 11.6 Å². The number of carbonyl (C=O) groups is 1. The van der Waals surface area contributed by atoms with E-state index in [1.54, 1.807) is 18.2 Å². The first-order valence-corrected chi connectivity index (χ1v) is 8.12. The number of aromatic hydroxyl groups is 1. The van der Waals surface area contributed by atoms with Gasteiger partial charge in [0.05, 0.1) is 11.3 Å². The van der Waals surface area contributed by atoms with Gasteiger partial charge in [0, 0.05) is 25.2 Å². The Morgan fingerprint density at radius 3 is 2.68 bits per heavy atom. The lowest BCUT2D eigenvalue weighted by Crippen LogP contribution is -2.18. The Hall–Kier alpha value is -3.12. The molecule has 0 fully saturated rings. The number of phenolic OH excluding ortho intramolecular Hbond substituents is 1. The fraction of sp³-hybridized carbons (Fsp3) is 0.158. The fourth-order valence-corrected chi connectivity index (χ4v) is 3.10. The number of nitrogens with one attached hydrogen (secondary N) is 2. The van der Waals surface area contributed by atoms with Crippen molar-refractivity contribution in [2.75, 3.05) is 5.32 Å². The zero-order chi connectivity index (χ0) is 17.2. The third-order valence-corrected chi connectivity index (χ3v) is 4.34. The number of para-hydroxylation sites is 1. The van der Waals surface area contributed by atoms with E-state index in [4.69, 9.17) is 0 Å². The summed E-state index contributed by atoms with van der Waals surface area (Å²) >= 11 is 0. The smallest absolute Gasteiger partial charge is 0.260 e. The van der Waals surface area contributed by atoms with E-state index in [0.29, 0.717) is 5.82 Å². The molecular formula is C19H18N4O2. The number of amides is 1. The number of rotatable bonds is 4. The van der Waals surface area contributed by atoms with E-state index < -0.39 is 0 Å². The summed E-state index contributed by atoms with van der Waals surface area (Å²) in [5, 5.41) is 19.8. The zero-order valence-electron chi connectivity index (χ0n) is 13.6. The molecule has 6 heteroatoms. The van der Waals surface area contributed by atoms with Gasteiger partial charge in [-0.25, -0.2) is 0 Å². The van der Waals surface area contributed by atoms with E-state index in [-0.39, 0.29) is 17.2 Å². The van der Waals surface area contributed by atoms with Crippen LogP contribution in [0.1, 0.15) is 27.2 Å². The first kappa shape index (κ1) is 15.4. The normalized spacial score (nSPS) is 13.6. The van der Waals surface area contributed by atoms with Crippen molar-refractivity contribution in [1.29, 1.82) is 0 Å². The molecule has 2 heterocycles. The minimum Gasteiger partial charge on any atom is -0.507 e. The van der Waals surface area contributed by atoms with Gasteiger partial charge in [0.2, 0.25) is 0 Å². The third kappa shape index (κ3) is 3.12. The molecule has 0 radical (unpaired) electrons. The molecule has 0 unspecified atom stereocenters. The highest BCUT2D eigenvalue weighted by atomic mass is 16.3. The van der Waals surface area contributed by atoms with Crippen LogP contribution in [0.5, 0.6) is 5.75 Å². The van der Waals surface area contributed by atoms with Gasteiger partial charge in [-0.3, -0.25) is 14.8 Å². The predicted octanol–water partition coefficient (Wildman–Crippen LogP) is 2.88. The van der Waals surface area contributed by atoms with Crippen molar-refractivity contribution < 1.29 is 9.90 Å². The standard InChI is InChI=1S/C19H18N4O2/c24-17-9-5-4-8-14(17)19(25)20-18-15-11-23(12-16(15)21-22-18)10-13-6-2-1-3-7-13/h1-9,24H,10-12H2,(H2,20,21,22,25). The summed E-state index contributed by atoms with van der Waals surface area (Å²) in [6.07, 6.45) is 0. The molecule has 0 saturated heterocycles. The Labute approximate surface area is 145 Å². The summed E-state index contributed by atoms with van der Waals surface area (Å²) in [5.41, 5.74) is 3.43. The van der Waals surface area contributed by atoms with E-state index >= 15 is 0 Å². The van der Waals surface area contributed by atoms with Crippen molar-refractivity contribution in [2.24, 2.45) is 0 Å². The molecule has 0 saturated carbocycles. The molecule has 2 aromatic carbocycles. The number of aromatic nitrogens is 2. The van der Waals surface area contributed by atoms with Gasteiger partial charge >= 0.3 is 0 Å². The number of benzene rings is 2. The van der Waals surface area contributed by atoms with Crippen LogP contribution in [0, 0.1) is 0 Å². The van der Waals surface area contributed by atoms with E-state index in [1.165, 1.54) is 11.6 Å². The molecule has 6 nitrogen and oxygen atoms in total. The van der Waals surface area contributed by atoms with E-state index in [0.717, 1.165) is 30.9 Å². The monoisotopic (exact) mass is 334 g/mol. The van der Waals surface area contributed by atoms with Gasteiger partial charge in [-0.2, -0.15) is 5.10 Å². The second-order valence-electron chi connectivity index (χ2n) is 6.13. The molecule has 0 aliphatic carbocycles. The fourth-order valence-electron chi connectivity index (χ4n) is 3.10. The molecule has 0 spiro atoms. The highest BCUT2D eigenvalue weighted by molar-refractivity contribution is 6.06. The molecule has 0 bridgehead atoms. The van der Waals surface area contributed by atoms with Crippen molar-refractivity contribution in [1.82, 2.24) is 15.1 Å². The average molecular weight is 334 g/mol. The minimum absolute atomic E-state index is 0.0399. The largest absolute Gasteiger partial charge is 0.507 e. The third-order valence-electron chi connectivity index (χ3n) is 4.34. The maximum Gasteiger partial charge on any atom is 0.260 e. The number of H-pyrrole nitrogens is 1. The summed E-state index contributed by atoms with van der Waals surface area (Å²) in [4.78, 5) is 14.6. The van der Waals surface area contributed by atoms with Crippen LogP contribution in [0.25, 0.3) is 0 Å². The number of aromatic amines is 1. The summed E-state index contributed by atoms with van der Waals surface area (Å²) in [6, 6.07) is 16.7. The second-order valence-corrected chi connectivity index (χ2v) is 6.13. The Bertz CT molecular complexity index is 905. The lowest BCUT2D eigenvalue weighted by atomic mass is 10.2. The molecule has 1 amide bonds. The maximum absolute atomic E-state index is 12.4. The number of phenols is 1. The van der Waals surface area contributed by atoms with Gasteiger partial charge < -0.3 is 10.4 Å². The van der Waals surface area contributed by atoms with Crippen molar-refractivity contribution >= 4 is 11.7 Å². The van der Waals surface area contributed by atoms with Gasteiger partial charge in [-0.1, -0.05) is 42.5 Å². The summed E-state index contributed by atoms with van der Waals surface area (Å²) in [6.45, 7) is 2.30. The number of anilines is 1. The highest BCUT2D eigenvalue weighted by Gasteiger charge is 2.26. The lowest BCUT2D eigenvalue weighted by molar-refractivity contribution is 0.102. The molecule has 1 aliphatic heterocycles. The molecule has 3 N–H and O–H groups in total. The number of hydrogen-bond donors (Lipinski definition) is 3. The molecule has 3 aromatic rings. The predicted molar refractivity (Wildman–Crippen MR) is 94.0 cm³/mol. The van der Waals surface area contributed by atoms with Crippen molar-refractivity contribution in [2.45, 2.75) is 19.6 Å². The Balaban J connectivity index is 1.47. The minimum atomic E-state index is -0.356. The van der Waals surface area contributed by atoms with Gasteiger partial charge in [0.15, 0.2) is 0 Å². The van der Waals surface area contributed by atoms with Crippen LogP contribution in [0.3, 0.4) is 0 Å². The van der Waals surface area contributed by atoms with Crippen LogP contribution >= 0.6 is 0 Å². The van der Waals surface area contributed by atoms with Gasteiger partial charge in [-0.15, -0.1) is 0 Å². The lowest BCUT2D eigenvalue weighted by Gasteiger charge is -2.15. The van der Waals surface area contributed by atoms with Gasteiger partial charge in [-0.05, 0) is 17.7 Å². The first-order chi connectivity index (χ1) is 12.2. The molecule has 1 aromatic heterocycles. The van der Waals surface area contributed by atoms with Crippen LogP contribution in [0.4, 0.5) is 5.82 Å². The SMILES string of the molecule is O=C(Nc1[nH]nc2c1CN(Cc1ccccc1)C2)c1ccccc1O. The molecule has 25 heavy (non-hydrogen) atoms. The van der Waals surface area contributed by atoms with Crippen LogP contribution in [-0.4, -0.2) is 26.1 Å². The molecule has 126 valence electrons. The first-order valence-electron chi connectivity index (χ1n) is 8.12. The average Bonchev–Trinajstić information content (AvgIpc) is 3.17. The van der Waals surface area contributed by atoms with Crippen LogP contribution in [0.2, 0.25) is 0 Å². The van der Waals surface area contributed by atoms with E-state index in [2.05, 4.69) is 32.5 Å². The maximum atomic E-state index is 12.4. The zero-order valence-corrected chi connectivity index (χ0v) is 13.6. The summed E-state index contributed by atoms with van der Waals surface area (Å²) in [5.74, 6) is 0.201. The summed E-state index contributed by atoms with van der Waals surface area (Å²) in [7, 11) is 0. The van der Waals surface area contributed by atoms with Crippen LogP contribution < -0.4 is 5.32 Å². The topological polar surface area (TPSA) is 81.2 Å². The Kier molecular flexibility index (Phi) is 3.95. The van der Waals surface area contributed by atoms with Gasteiger partial charge in [0.25, 0.3) is 5.91 Å². The highest BCUT2D eigenvalue weighted by Crippen LogP contribution is 2.29. The molecule has 0 atom stereocenters. The number of nitrogens with zero attached hydrogens (tertiary/aromatic N) is 2. The Morgan fingerprint density at radius 1 is 1.12 bits per heavy atom. The van der Waals surface area contributed by atoms with E-state index in [1.807, 2.05) is 18.2 Å². The Morgan fingerprint density at radius 2 is 1.88 bits per heavy atom. The number of hydrogen-bond acceptors (Lipinski definition) is 4. The second kappa shape index (κ2) is 6.41. The molecular weight excluding hydrogens is 316 g/mol. The quantitative estimate of drug-likeness (QED) is 0.685. The van der Waals surface area contributed by atoms with Crippen molar-refractivity contribution in [3.63, 3.8) is 0 Å². The number of carbonyl (C=O) groups excluding carboxylic acids is 1. The molecule has 1 aliphatic rings. The molecule has 4 rings (SSSR count). The van der Waals surface area contributed by atoms with Crippen molar-refractivity contribution in [3.05, 3.63) is 77.0 Å². The van der Waals surface area contributed by atoms with Crippen LogP contribution in [-0.2, 0) is 19.6 Å². The number of fused-ring (bicyclic) bond motifs is 1. The van der Waals surface area contributed by atoms with Crippen molar-refractivity contribution in [3.8, 4) is 5.75 Å². The summed E-state index contributed by atoms with van der Waals surface area (Å²) < 4.78 is 0. The van der Waals surface area contributed by atoms with E-state index in [9.17, 15) is 9.90 Å². The van der Waals surface area contributed by atoms with Crippen LogP contribution in [0.15, 0.2) is 54.6 Å².